The first-order valence-electron chi connectivity index (χ1n) is 4.12. The standard InChI is InChI=1S/C11H13/c1-9-8-11(9,2)10-6-4-3-5-7-10/h3-7H,8H2,1-2H3. The van der Waals surface area contributed by atoms with Crippen molar-refractivity contribution in [3.05, 3.63) is 41.8 Å². The molecule has 0 bridgehead atoms. The van der Waals surface area contributed by atoms with Crippen molar-refractivity contribution in [2.75, 3.05) is 0 Å². The van der Waals surface area contributed by atoms with Crippen LogP contribution < -0.4 is 0 Å². The maximum Gasteiger partial charge on any atom is -0.000998 e. The average molecular weight is 145 g/mol. The van der Waals surface area contributed by atoms with E-state index in [1.165, 1.54) is 12.0 Å². The van der Waals surface area contributed by atoms with Gasteiger partial charge in [0.15, 0.2) is 0 Å². The second-order valence-electron chi connectivity index (χ2n) is 3.66. The molecule has 1 unspecified atom stereocenters. The van der Waals surface area contributed by atoms with Gasteiger partial charge in [-0.2, -0.15) is 0 Å². The van der Waals surface area contributed by atoms with E-state index < -0.39 is 0 Å². The van der Waals surface area contributed by atoms with Crippen molar-refractivity contribution in [2.24, 2.45) is 0 Å². The Morgan fingerprint density at radius 3 is 2.18 bits per heavy atom. The third-order valence-electron chi connectivity index (χ3n) is 2.85. The fourth-order valence-corrected chi connectivity index (χ4v) is 1.64. The Morgan fingerprint density at radius 1 is 1.18 bits per heavy atom. The molecule has 1 radical (unpaired) electrons. The Morgan fingerprint density at radius 2 is 1.73 bits per heavy atom. The molecule has 0 aliphatic heterocycles. The number of hydrogen-bond acceptors (Lipinski definition) is 0. The summed E-state index contributed by atoms with van der Waals surface area (Å²) in [5, 5.41) is 0. The normalized spacial score (nSPS) is 30.4. The lowest BCUT2D eigenvalue weighted by Crippen LogP contribution is -2.00. The molecule has 57 valence electrons. The lowest BCUT2D eigenvalue weighted by Gasteiger charge is -2.08. The minimum absolute atomic E-state index is 0.418. The van der Waals surface area contributed by atoms with Gasteiger partial charge in [-0.3, -0.25) is 0 Å². The molecule has 1 aromatic carbocycles. The molecule has 1 saturated carbocycles. The summed E-state index contributed by atoms with van der Waals surface area (Å²) in [6.45, 7) is 4.56. The molecule has 0 N–H and O–H groups in total. The van der Waals surface area contributed by atoms with Gasteiger partial charge in [0.25, 0.3) is 0 Å². The van der Waals surface area contributed by atoms with Gasteiger partial charge in [-0.1, -0.05) is 44.2 Å². The third-order valence-corrected chi connectivity index (χ3v) is 2.85. The molecule has 2 rings (SSSR count). The van der Waals surface area contributed by atoms with E-state index in [0.29, 0.717) is 5.41 Å². The van der Waals surface area contributed by atoms with Gasteiger partial charge >= 0.3 is 0 Å². The average Bonchev–Trinajstić information content (AvgIpc) is 2.64. The summed E-state index contributed by atoms with van der Waals surface area (Å²) in [5.74, 6) is 1.61. The SMILES string of the molecule is C[C]1CC1(C)c1ccccc1. The van der Waals surface area contributed by atoms with E-state index in [9.17, 15) is 0 Å². The zero-order valence-electron chi connectivity index (χ0n) is 7.09. The fourth-order valence-electron chi connectivity index (χ4n) is 1.64. The van der Waals surface area contributed by atoms with E-state index in [-0.39, 0.29) is 0 Å². The first-order chi connectivity index (χ1) is 5.23. The first kappa shape index (κ1) is 6.90. The summed E-state index contributed by atoms with van der Waals surface area (Å²) >= 11 is 0. The Labute approximate surface area is 68.3 Å². The van der Waals surface area contributed by atoms with Crippen LogP contribution in [0.2, 0.25) is 0 Å². The summed E-state index contributed by atoms with van der Waals surface area (Å²) in [5.41, 5.74) is 1.89. The molecule has 11 heavy (non-hydrogen) atoms. The van der Waals surface area contributed by atoms with Gasteiger partial charge in [-0.15, -0.1) is 0 Å². The molecule has 1 aliphatic carbocycles. The molecule has 1 aliphatic rings. The Balaban J connectivity index is 2.32. The summed E-state index contributed by atoms with van der Waals surface area (Å²) in [6, 6.07) is 10.7. The van der Waals surface area contributed by atoms with E-state index in [4.69, 9.17) is 0 Å². The molecule has 0 aromatic heterocycles. The van der Waals surface area contributed by atoms with Gasteiger partial charge in [0, 0.05) is 0 Å². The molecular formula is C11H13. The molecule has 0 amide bonds. The number of rotatable bonds is 1. The first-order valence-corrected chi connectivity index (χ1v) is 4.12. The smallest absolute Gasteiger partial charge is 0.000998 e. The summed E-state index contributed by atoms with van der Waals surface area (Å²) in [6.07, 6.45) is 1.27. The summed E-state index contributed by atoms with van der Waals surface area (Å²) < 4.78 is 0. The van der Waals surface area contributed by atoms with Crippen molar-refractivity contribution in [1.82, 2.24) is 0 Å². The minimum Gasteiger partial charge on any atom is -0.0622 e. The van der Waals surface area contributed by atoms with E-state index in [1.54, 1.807) is 5.92 Å². The lowest BCUT2D eigenvalue weighted by atomic mass is 9.96. The molecule has 1 atom stereocenters. The summed E-state index contributed by atoms with van der Waals surface area (Å²) in [4.78, 5) is 0. The molecule has 0 nitrogen and oxygen atoms in total. The van der Waals surface area contributed by atoms with Crippen molar-refractivity contribution in [3.8, 4) is 0 Å². The Bertz CT molecular complexity index is 250. The fraction of sp³-hybridized carbons (Fsp3) is 0.364. The molecule has 0 spiro atoms. The molecule has 1 fully saturated rings. The van der Waals surface area contributed by atoms with Crippen molar-refractivity contribution < 1.29 is 0 Å². The van der Waals surface area contributed by atoms with Crippen molar-refractivity contribution in [3.63, 3.8) is 0 Å². The van der Waals surface area contributed by atoms with Crippen LogP contribution in [0.1, 0.15) is 25.8 Å². The van der Waals surface area contributed by atoms with Crippen LogP contribution in [0, 0.1) is 5.92 Å². The highest BCUT2D eigenvalue weighted by Gasteiger charge is 2.48. The number of benzene rings is 1. The molecule has 0 heterocycles. The van der Waals surface area contributed by atoms with Crippen LogP contribution in [0.5, 0.6) is 0 Å². The highest BCUT2D eigenvalue weighted by atomic mass is 14.5. The Hall–Kier alpha value is -0.780. The zero-order chi connectivity index (χ0) is 7.90. The minimum atomic E-state index is 0.418. The maximum absolute atomic E-state index is 2.32. The number of hydrogen-bond donors (Lipinski definition) is 0. The highest BCUT2D eigenvalue weighted by Crippen LogP contribution is 2.55. The van der Waals surface area contributed by atoms with Crippen LogP contribution in [0.15, 0.2) is 30.3 Å². The van der Waals surface area contributed by atoms with Gasteiger partial charge in [0.1, 0.15) is 0 Å². The van der Waals surface area contributed by atoms with E-state index >= 15 is 0 Å². The van der Waals surface area contributed by atoms with Crippen LogP contribution >= 0.6 is 0 Å². The van der Waals surface area contributed by atoms with E-state index in [2.05, 4.69) is 44.2 Å². The van der Waals surface area contributed by atoms with Crippen LogP contribution in [0.3, 0.4) is 0 Å². The van der Waals surface area contributed by atoms with Gasteiger partial charge in [-0.25, -0.2) is 0 Å². The van der Waals surface area contributed by atoms with Gasteiger partial charge in [0.2, 0.25) is 0 Å². The van der Waals surface area contributed by atoms with Crippen molar-refractivity contribution in [2.45, 2.75) is 25.7 Å². The maximum atomic E-state index is 2.32. The predicted molar refractivity (Wildman–Crippen MR) is 47.3 cm³/mol. The third kappa shape index (κ3) is 0.973. The topological polar surface area (TPSA) is 0 Å². The predicted octanol–water partition coefficient (Wildman–Crippen LogP) is 2.94. The molecule has 0 heteroatoms. The van der Waals surface area contributed by atoms with E-state index in [1.807, 2.05) is 0 Å². The highest BCUT2D eigenvalue weighted by molar-refractivity contribution is 5.42. The van der Waals surface area contributed by atoms with Crippen LogP contribution in [-0.2, 0) is 5.41 Å². The second-order valence-corrected chi connectivity index (χ2v) is 3.66. The monoisotopic (exact) mass is 145 g/mol. The van der Waals surface area contributed by atoms with E-state index in [0.717, 1.165) is 0 Å². The molecule has 1 aromatic rings. The van der Waals surface area contributed by atoms with Gasteiger partial charge < -0.3 is 0 Å². The quantitative estimate of drug-likeness (QED) is 0.570. The second kappa shape index (κ2) is 2.10. The van der Waals surface area contributed by atoms with Crippen molar-refractivity contribution >= 4 is 0 Å². The Kier molecular flexibility index (Phi) is 1.32. The van der Waals surface area contributed by atoms with Gasteiger partial charge in [0.05, 0.1) is 0 Å². The molecular weight excluding hydrogens is 132 g/mol. The van der Waals surface area contributed by atoms with Gasteiger partial charge in [-0.05, 0) is 23.3 Å². The van der Waals surface area contributed by atoms with Crippen molar-refractivity contribution in [1.29, 1.82) is 0 Å². The summed E-state index contributed by atoms with van der Waals surface area (Å²) in [7, 11) is 0. The largest absolute Gasteiger partial charge is 0.0622 e. The lowest BCUT2D eigenvalue weighted by molar-refractivity contribution is 0.797. The zero-order valence-corrected chi connectivity index (χ0v) is 7.09. The van der Waals surface area contributed by atoms with Crippen LogP contribution in [0.25, 0.3) is 0 Å². The van der Waals surface area contributed by atoms with Crippen LogP contribution in [-0.4, -0.2) is 0 Å². The molecule has 0 saturated heterocycles. The van der Waals surface area contributed by atoms with Crippen LogP contribution in [0.4, 0.5) is 0 Å².